The van der Waals surface area contributed by atoms with E-state index in [1.54, 1.807) is 22.7 Å². The summed E-state index contributed by atoms with van der Waals surface area (Å²) >= 11 is 3.49. The summed E-state index contributed by atoms with van der Waals surface area (Å²) in [5, 5.41) is 2.09. The number of rotatable bonds is 4. The summed E-state index contributed by atoms with van der Waals surface area (Å²) in [5.74, 6) is 0.0450. The lowest BCUT2D eigenvalue weighted by molar-refractivity contribution is -0.0167. The topological polar surface area (TPSA) is 55.6 Å². The molecule has 134 valence electrons. The fourth-order valence-electron chi connectivity index (χ4n) is 3.08. The van der Waals surface area contributed by atoms with Gasteiger partial charge in [0.05, 0.1) is 12.7 Å². The minimum atomic E-state index is -0.0680. The van der Waals surface area contributed by atoms with Crippen molar-refractivity contribution in [1.29, 1.82) is 0 Å². The molecule has 1 aromatic carbocycles. The highest BCUT2D eigenvalue weighted by molar-refractivity contribution is 7.23. The number of thiophene rings is 2. The van der Waals surface area contributed by atoms with Gasteiger partial charge in [-0.25, -0.2) is 0 Å². The Morgan fingerprint density at radius 3 is 2.85 bits per heavy atom. The highest BCUT2D eigenvalue weighted by Crippen LogP contribution is 2.36. The van der Waals surface area contributed by atoms with Gasteiger partial charge in [0.1, 0.15) is 0 Å². The van der Waals surface area contributed by atoms with Crippen LogP contribution in [0.15, 0.2) is 53.9 Å². The number of ether oxygens (including phenoxy) is 1. The molecule has 4 nitrogen and oxygen atoms in total. The monoisotopic (exact) mass is 384 g/mol. The van der Waals surface area contributed by atoms with Crippen molar-refractivity contribution in [3.05, 3.63) is 59.5 Å². The highest BCUT2D eigenvalue weighted by atomic mass is 32.1. The fourth-order valence-corrected chi connectivity index (χ4v) is 4.92. The van der Waals surface area contributed by atoms with Crippen LogP contribution >= 0.6 is 22.7 Å². The molecule has 6 heteroatoms. The third kappa shape index (κ3) is 3.59. The maximum Gasteiger partial charge on any atom is 0.254 e. The highest BCUT2D eigenvalue weighted by Gasteiger charge is 2.24. The lowest BCUT2D eigenvalue weighted by Gasteiger charge is -2.32. The molecule has 1 aliphatic heterocycles. The summed E-state index contributed by atoms with van der Waals surface area (Å²) in [6, 6.07) is 16.3. The fraction of sp³-hybridized carbons (Fsp3) is 0.250. The first-order chi connectivity index (χ1) is 12.7. The Morgan fingerprint density at radius 2 is 2.04 bits per heavy atom. The van der Waals surface area contributed by atoms with Gasteiger partial charge in [-0.05, 0) is 41.3 Å². The normalized spacial score (nSPS) is 17.4. The molecule has 0 saturated carbocycles. The van der Waals surface area contributed by atoms with E-state index in [0.717, 1.165) is 5.56 Å². The largest absolute Gasteiger partial charge is 0.373 e. The molecule has 0 unspecified atom stereocenters. The van der Waals surface area contributed by atoms with Crippen molar-refractivity contribution >= 4 is 28.6 Å². The maximum absolute atomic E-state index is 12.9. The number of morpholine rings is 1. The number of nitrogens with two attached hydrogens (primary N) is 1. The first kappa shape index (κ1) is 17.4. The van der Waals surface area contributed by atoms with Gasteiger partial charge in [0.15, 0.2) is 0 Å². The quantitative estimate of drug-likeness (QED) is 0.741. The van der Waals surface area contributed by atoms with Crippen LogP contribution in [0.25, 0.3) is 20.2 Å². The average molecular weight is 385 g/mol. The van der Waals surface area contributed by atoms with Crippen molar-refractivity contribution in [2.24, 2.45) is 5.73 Å². The van der Waals surface area contributed by atoms with Crippen LogP contribution < -0.4 is 5.73 Å². The average Bonchev–Trinajstić information content (AvgIpc) is 3.39. The standard InChI is InChI=1S/C20H20N2O2S2/c21-12-16-13-22(8-9-24-16)20(23)15-4-1-3-14(11-15)17-6-7-19(26-17)18-5-2-10-25-18/h1-7,10-11,16H,8-9,12-13,21H2/t16-/m1/s1. The van der Waals surface area contributed by atoms with Crippen molar-refractivity contribution in [3.63, 3.8) is 0 Å². The SMILES string of the molecule is NC[C@@H]1CN(C(=O)c2cccc(-c3ccc(-c4cccs4)s3)c2)CCO1. The van der Waals surface area contributed by atoms with E-state index in [4.69, 9.17) is 10.5 Å². The predicted molar refractivity (Wildman–Crippen MR) is 108 cm³/mol. The molecule has 1 atom stereocenters. The Hall–Kier alpha value is -1.99. The molecule has 3 heterocycles. The van der Waals surface area contributed by atoms with Gasteiger partial charge in [-0.3, -0.25) is 4.79 Å². The van der Waals surface area contributed by atoms with Crippen LogP contribution in [0.3, 0.4) is 0 Å². The number of hydrogen-bond acceptors (Lipinski definition) is 5. The summed E-state index contributed by atoms with van der Waals surface area (Å²) in [4.78, 5) is 18.4. The molecule has 0 radical (unpaired) electrons. The molecule has 2 aromatic heterocycles. The molecule has 0 bridgehead atoms. The summed E-state index contributed by atoms with van der Waals surface area (Å²) in [6.07, 6.45) is -0.0680. The lowest BCUT2D eigenvalue weighted by Crippen LogP contribution is -2.48. The molecule has 0 spiro atoms. The molecule has 1 amide bonds. The van der Waals surface area contributed by atoms with Gasteiger partial charge in [-0.15, -0.1) is 22.7 Å². The molecule has 3 aromatic rings. The Balaban J connectivity index is 1.56. The van der Waals surface area contributed by atoms with E-state index in [9.17, 15) is 4.79 Å². The third-order valence-corrected chi connectivity index (χ3v) is 6.65. The van der Waals surface area contributed by atoms with Crippen LogP contribution in [0.5, 0.6) is 0 Å². The molecule has 4 rings (SSSR count). The van der Waals surface area contributed by atoms with Crippen LogP contribution in [-0.4, -0.2) is 43.2 Å². The first-order valence-corrected chi connectivity index (χ1v) is 10.3. The number of carbonyl (C=O) groups excluding carboxylic acids is 1. The van der Waals surface area contributed by atoms with Gasteiger partial charge in [0, 0.05) is 39.8 Å². The Bertz CT molecular complexity index is 889. The summed E-state index contributed by atoms with van der Waals surface area (Å²) < 4.78 is 5.56. The van der Waals surface area contributed by atoms with Crippen molar-refractivity contribution in [2.45, 2.75) is 6.10 Å². The van der Waals surface area contributed by atoms with Gasteiger partial charge >= 0.3 is 0 Å². The maximum atomic E-state index is 12.9. The van der Waals surface area contributed by atoms with E-state index in [-0.39, 0.29) is 12.0 Å². The number of benzene rings is 1. The van der Waals surface area contributed by atoms with Gasteiger partial charge in [-0.2, -0.15) is 0 Å². The van der Waals surface area contributed by atoms with Crippen molar-refractivity contribution < 1.29 is 9.53 Å². The first-order valence-electron chi connectivity index (χ1n) is 8.59. The molecular weight excluding hydrogens is 364 g/mol. The number of nitrogens with zero attached hydrogens (tertiary/aromatic N) is 1. The lowest BCUT2D eigenvalue weighted by atomic mass is 10.1. The van der Waals surface area contributed by atoms with E-state index in [0.29, 0.717) is 31.8 Å². The smallest absolute Gasteiger partial charge is 0.254 e. The molecule has 2 N–H and O–H groups in total. The second-order valence-electron chi connectivity index (χ2n) is 6.20. The van der Waals surface area contributed by atoms with Crippen LogP contribution in [0.4, 0.5) is 0 Å². The summed E-state index contributed by atoms with van der Waals surface area (Å²) in [7, 11) is 0. The molecular formula is C20H20N2O2S2. The van der Waals surface area contributed by atoms with Crippen LogP contribution in [-0.2, 0) is 4.74 Å². The number of amides is 1. The second-order valence-corrected chi connectivity index (χ2v) is 8.23. The van der Waals surface area contributed by atoms with Gasteiger partial charge in [0.2, 0.25) is 0 Å². The molecule has 26 heavy (non-hydrogen) atoms. The molecule has 0 aliphatic carbocycles. The Morgan fingerprint density at radius 1 is 1.15 bits per heavy atom. The van der Waals surface area contributed by atoms with Crippen LogP contribution in [0, 0.1) is 0 Å². The van der Waals surface area contributed by atoms with Crippen molar-refractivity contribution in [1.82, 2.24) is 4.90 Å². The summed E-state index contributed by atoms with van der Waals surface area (Å²) in [5.41, 5.74) is 7.48. The Labute approximate surface area is 160 Å². The van der Waals surface area contributed by atoms with E-state index in [1.807, 2.05) is 23.1 Å². The number of carbonyl (C=O) groups is 1. The minimum absolute atomic E-state index is 0.0450. The molecule has 1 aliphatic rings. The predicted octanol–water partition coefficient (Wildman–Crippen LogP) is 3.94. The molecule has 1 saturated heterocycles. The third-order valence-electron chi connectivity index (χ3n) is 4.45. The zero-order chi connectivity index (χ0) is 17.9. The van der Waals surface area contributed by atoms with Crippen molar-refractivity contribution in [2.75, 3.05) is 26.2 Å². The minimum Gasteiger partial charge on any atom is -0.373 e. The van der Waals surface area contributed by atoms with Crippen molar-refractivity contribution in [3.8, 4) is 20.2 Å². The summed E-state index contributed by atoms with van der Waals surface area (Å²) in [6.45, 7) is 2.15. The van der Waals surface area contributed by atoms with E-state index in [2.05, 4.69) is 35.7 Å². The van der Waals surface area contributed by atoms with E-state index >= 15 is 0 Å². The van der Waals surface area contributed by atoms with Gasteiger partial charge in [-0.1, -0.05) is 18.2 Å². The van der Waals surface area contributed by atoms with E-state index in [1.165, 1.54) is 14.6 Å². The van der Waals surface area contributed by atoms with E-state index < -0.39 is 0 Å². The zero-order valence-electron chi connectivity index (χ0n) is 14.3. The Kier molecular flexibility index (Phi) is 5.17. The number of hydrogen-bond donors (Lipinski definition) is 1. The second kappa shape index (κ2) is 7.72. The molecule has 1 fully saturated rings. The van der Waals surface area contributed by atoms with Crippen LogP contribution in [0.1, 0.15) is 10.4 Å². The van der Waals surface area contributed by atoms with Crippen LogP contribution in [0.2, 0.25) is 0 Å². The van der Waals surface area contributed by atoms with Gasteiger partial charge in [0.25, 0.3) is 5.91 Å². The van der Waals surface area contributed by atoms with Gasteiger partial charge < -0.3 is 15.4 Å². The zero-order valence-corrected chi connectivity index (χ0v) is 15.9.